The van der Waals surface area contributed by atoms with Gasteiger partial charge in [0.25, 0.3) is 0 Å². The minimum atomic E-state index is -0.707. The molecule has 0 bridgehead atoms. The first-order valence-electron chi connectivity index (χ1n) is 7.84. The summed E-state index contributed by atoms with van der Waals surface area (Å²) in [6.45, 7) is 0.985. The molecule has 7 heteroatoms. The molecule has 2 unspecified atom stereocenters. The molecule has 2 aliphatic rings. The van der Waals surface area contributed by atoms with Gasteiger partial charge in [0.05, 0.1) is 0 Å². The van der Waals surface area contributed by atoms with E-state index in [4.69, 9.17) is 0 Å². The van der Waals surface area contributed by atoms with Gasteiger partial charge in [0.1, 0.15) is 5.92 Å². The lowest BCUT2D eigenvalue weighted by molar-refractivity contribution is -0.497. The summed E-state index contributed by atoms with van der Waals surface area (Å²) < 4.78 is 0. The smallest absolute Gasteiger partial charge is 0.232 e. The largest absolute Gasteiger partial charge is 0.342 e. The SMILES string of the molecule is O=C(Nc1ccccc1)C1CCN(C(=O)C2CC2[N+](=O)[O-])CC1. The number of anilines is 1. The fourth-order valence-electron chi connectivity index (χ4n) is 3.04. The molecule has 2 fully saturated rings. The molecular weight excluding hydrogens is 298 g/mol. The normalized spacial score (nSPS) is 24.1. The molecule has 1 aromatic rings. The molecule has 23 heavy (non-hydrogen) atoms. The van der Waals surface area contributed by atoms with Crippen molar-refractivity contribution in [1.82, 2.24) is 4.90 Å². The maximum atomic E-state index is 12.2. The number of hydrogen-bond acceptors (Lipinski definition) is 4. The highest BCUT2D eigenvalue weighted by atomic mass is 16.6. The average Bonchev–Trinajstić information content (AvgIpc) is 3.36. The highest BCUT2D eigenvalue weighted by Gasteiger charge is 2.54. The molecule has 1 saturated carbocycles. The van der Waals surface area contributed by atoms with Crippen LogP contribution in [0.15, 0.2) is 30.3 Å². The molecule has 1 N–H and O–H groups in total. The number of nitrogens with zero attached hydrogens (tertiary/aromatic N) is 2. The van der Waals surface area contributed by atoms with Gasteiger partial charge in [-0.05, 0) is 25.0 Å². The van der Waals surface area contributed by atoms with E-state index in [-0.39, 0.29) is 22.7 Å². The van der Waals surface area contributed by atoms with Gasteiger partial charge in [-0.15, -0.1) is 0 Å². The Hall–Kier alpha value is -2.44. The number of nitrogens with one attached hydrogen (secondary N) is 1. The predicted octanol–water partition coefficient (Wildman–Crippen LogP) is 1.53. The fourth-order valence-corrected chi connectivity index (χ4v) is 3.04. The average molecular weight is 317 g/mol. The van der Waals surface area contributed by atoms with E-state index >= 15 is 0 Å². The highest BCUT2D eigenvalue weighted by Crippen LogP contribution is 2.35. The highest BCUT2D eigenvalue weighted by molar-refractivity contribution is 5.92. The van der Waals surface area contributed by atoms with Crippen LogP contribution >= 0.6 is 0 Å². The number of carbonyl (C=O) groups excluding carboxylic acids is 2. The minimum Gasteiger partial charge on any atom is -0.342 e. The molecule has 0 aromatic heterocycles. The van der Waals surface area contributed by atoms with Crippen LogP contribution in [0.4, 0.5) is 5.69 Å². The molecule has 7 nitrogen and oxygen atoms in total. The second-order valence-corrected chi connectivity index (χ2v) is 6.15. The Morgan fingerprint density at radius 1 is 1.17 bits per heavy atom. The number of benzene rings is 1. The van der Waals surface area contributed by atoms with Crippen molar-refractivity contribution < 1.29 is 14.5 Å². The lowest BCUT2D eigenvalue weighted by atomic mass is 9.95. The quantitative estimate of drug-likeness (QED) is 0.673. The van der Waals surface area contributed by atoms with Gasteiger partial charge >= 0.3 is 0 Å². The third-order valence-corrected chi connectivity index (χ3v) is 4.56. The van der Waals surface area contributed by atoms with Crippen molar-refractivity contribution in [3.05, 3.63) is 40.4 Å². The Balaban J connectivity index is 1.48. The van der Waals surface area contributed by atoms with Crippen molar-refractivity contribution in [3.8, 4) is 0 Å². The number of likely N-dealkylation sites (tertiary alicyclic amines) is 1. The van der Waals surface area contributed by atoms with Gasteiger partial charge in [-0.1, -0.05) is 18.2 Å². The van der Waals surface area contributed by atoms with Crippen molar-refractivity contribution in [2.75, 3.05) is 18.4 Å². The molecule has 1 aliphatic carbocycles. The molecule has 3 rings (SSSR count). The zero-order valence-corrected chi connectivity index (χ0v) is 12.7. The van der Waals surface area contributed by atoms with Gasteiger partial charge in [0.2, 0.25) is 17.9 Å². The van der Waals surface area contributed by atoms with Gasteiger partial charge in [-0.25, -0.2) is 0 Å². The van der Waals surface area contributed by atoms with Crippen LogP contribution in [0.3, 0.4) is 0 Å². The number of hydrogen-bond donors (Lipinski definition) is 1. The van der Waals surface area contributed by atoms with E-state index in [1.54, 1.807) is 4.90 Å². The molecule has 1 aliphatic heterocycles. The predicted molar refractivity (Wildman–Crippen MR) is 83.3 cm³/mol. The number of amides is 2. The van der Waals surface area contributed by atoms with Crippen LogP contribution in [-0.4, -0.2) is 40.8 Å². The standard InChI is InChI=1S/C16H19N3O4/c20-15(17-12-4-2-1-3-5-12)11-6-8-18(9-7-11)16(21)13-10-14(13)19(22)23/h1-5,11,13-14H,6-10H2,(H,17,20). The maximum Gasteiger partial charge on any atom is 0.232 e. The van der Waals surface area contributed by atoms with Crippen molar-refractivity contribution in [2.45, 2.75) is 25.3 Å². The summed E-state index contributed by atoms with van der Waals surface area (Å²) >= 11 is 0. The summed E-state index contributed by atoms with van der Waals surface area (Å²) in [5.41, 5.74) is 0.766. The molecule has 2 amide bonds. The van der Waals surface area contributed by atoms with E-state index in [1.165, 1.54) is 0 Å². The van der Waals surface area contributed by atoms with E-state index < -0.39 is 12.0 Å². The summed E-state index contributed by atoms with van der Waals surface area (Å²) in [4.78, 5) is 36.3. The summed E-state index contributed by atoms with van der Waals surface area (Å²) in [7, 11) is 0. The molecule has 0 radical (unpaired) electrons. The molecule has 0 spiro atoms. The lowest BCUT2D eigenvalue weighted by Gasteiger charge is -2.31. The van der Waals surface area contributed by atoms with Crippen molar-refractivity contribution >= 4 is 17.5 Å². The van der Waals surface area contributed by atoms with Crippen LogP contribution in [-0.2, 0) is 9.59 Å². The van der Waals surface area contributed by atoms with Crippen molar-refractivity contribution in [3.63, 3.8) is 0 Å². The monoisotopic (exact) mass is 317 g/mol. The van der Waals surface area contributed by atoms with Gasteiger partial charge in [0, 0.05) is 36.0 Å². The Morgan fingerprint density at radius 3 is 2.39 bits per heavy atom. The Bertz CT molecular complexity index is 611. The fraction of sp³-hybridized carbons (Fsp3) is 0.500. The summed E-state index contributed by atoms with van der Waals surface area (Å²) in [5.74, 6) is -0.740. The third-order valence-electron chi connectivity index (χ3n) is 4.56. The van der Waals surface area contributed by atoms with Gasteiger partial charge in [-0.2, -0.15) is 0 Å². The number of rotatable bonds is 4. The molecular formula is C16H19N3O4. The third kappa shape index (κ3) is 3.49. The zero-order chi connectivity index (χ0) is 16.4. The topological polar surface area (TPSA) is 92.6 Å². The molecule has 1 aromatic carbocycles. The Morgan fingerprint density at radius 2 is 1.83 bits per heavy atom. The van der Waals surface area contributed by atoms with Crippen LogP contribution < -0.4 is 5.32 Å². The molecule has 122 valence electrons. The zero-order valence-electron chi connectivity index (χ0n) is 12.7. The minimum absolute atomic E-state index is 0.0297. The van der Waals surface area contributed by atoms with E-state index in [1.807, 2.05) is 30.3 Å². The van der Waals surface area contributed by atoms with Crippen LogP contribution in [0.5, 0.6) is 0 Å². The number of nitro groups is 1. The number of carbonyl (C=O) groups is 2. The van der Waals surface area contributed by atoms with Crippen LogP contribution in [0.2, 0.25) is 0 Å². The lowest BCUT2D eigenvalue weighted by Crippen LogP contribution is -2.42. The second kappa shape index (κ2) is 6.36. The van der Waals surface area contributed by atoms with Gasteiger partial charge in [0.15, 0.2) is 0 Å². The van der Waals surface area contributed by atoms with Crippen LogP contribution in [0.25, 0.3) is 0 Å². The summed E-state index contributed by atoms with van der Waals surface area (Å²) in [6.07, 6.45) is 1.54. The maximum absolute atomic E-state index is 12.2. The first kappa shape index (κ1) is 15.5. The van der Waals surface area contributed by atoms with Crippen molar-refractivity contribution in [1.29, 1.82) is 0 Å². The number of piperidine rings is 1. The Kier molecular flexibility index (Phi) is 4.27. The molecule has 1 heterocycles. The second-order valence-electron chi connectivity index (χ2n) is 6.15. The molecule has 1 saturated heterocycles. The first-order chi connectivity index (χ1) is 11.1. The summed E-state index contributed by atoms with van der Waals surface area (Å²) in [6, 6.07) is 8.57. The first-order valence-corrected chi connectivity index (χ1v) is 7.84. The van der Waals surface area contributed by atoms with E-state index in [2.05, 4.69) is 5.32 Å². The van der Waals surface area contributed by atoms with Crippen molar-refractivity contribution in [2.24, 2.45) is 11.8 Å². The van der Waals surface area contributed by atoms with E-state index in [0.717, 1.165) is 5.69 Å². The van der Waals surface area contributed by atoms with E-state index in [9.17, 15) is 19.7 Å². The van der Waals surface area contributed by atoms with Crippen LogP contribution in [0.1, 0.15) is 19.3 Å². The van der Waals surface area contributed by atoms with Gasteiger partial charge in [-0.3, -0.25) is 19.7 Å². The number of para-hydroxylation sites is 1. The van der Waals surface area contributed by atoms with E-state index in [0.29, 0.717) is 32.4 Å². The van der Waals surface area contributed by atoms with Gasteiger partial charge < -0.3 is 10.2 Å². The Labute approximate surface area is 133 Å². The molecule has 2 atom stereocenters. The summed E-state index contributed by atoms with van der Waals surface area (Å²) in [5, 5.41) is 13.5. The van der Waals surface area contributed by atoms with Crippen LogP contribution in [0, 0.1) is 22.0 Å².